The van der Waals surface area contributed by atoms with Gasteiger partial charge >= 0.3 is 0 Å². The SMILES string of the molecule is N#C/C=C1/c2ccccc2C[C@H]1Cl. The summed E-state index contributed by atoms with van der Waals surface area (Å²) in [4.78, 5) is 0. The number of nitriles is 1. The van der Waals surface area contributed by atoms with Crippen LogP contribution in [0.25, 0.3) is 5.57 Å². The highest BCUT2D eigenvalue weighted by Crippen LogP contribution is 2.35. The van der Waals surface area contributed by atoms with E-state index in [-0.39, 0.29) is 5.38 Å². The van der Waals surface area contributed by atoms with Gasteiger partial charge in [0.2, 0.25) is 0 Å². The first kappa shape index (κ1) is 8.34. The summed E-state index contributed by atoms with van der Waals surface area (Å²) in [5.74, 6) is 0. The first-order valence-corrected chi connectivity index (χ1v) is 4.58. The number of hydrogen-bond acceptors (Lipinski definition) is 1. The monoisotopic (exact) mass is 189 g/mol. The van der Waals surface area contributed by atoms with Gasteiger partial charge in [0.1, 0.15) is 0 Å². The van der Waals surface area contributed by atoms with E-state index >= 15 is 0 Å². The Morgan fingerprint density at radius 3 is 3.00 bits per heavy atom. The predicted octanol–water partition coefficient (Wildman–Crippen LogP) is 2.76. The molecule has 0 heterocycles. The lowest BCUT2D eigenvalue weighted by atomic mass is 10.1. The molecule has 1 aliphatic rings. The largest absolute Gasteiger partial charge is 0.193 e. The van der Waals surface area contributed by atoms with Crippen molar-refractivity contribution in [2.24, 2.45) is 0 Å². The zero-order valence-electron chi connectivity index (χ0n) is 7.00. The Hall–Kier alpha value is -1.26. The molecular formula is C11H8ClN. The third-order valence-corrected chi connectivity index (χ3v) is 2.67. The van der Waals surface area contributed by atoms with Crippen molar-refractivity contribution in [1.29, 1.82) is 5.26 Å². The molecule has 2 heteroatoms. The fraction of sp³-hybridized carbons (Fsp3) is 0.182. The second-order valence-electron chi connectivity index (χ2n) is 3.06. The lowest BCUT2D eigenvalue weighted by Gasteiger charge is -1.99. The summed E-state index contributed by atoms with van der Waals surface area (Å²) in [5, 5.41) is 8.55. The van der Waals surface area contributed by atoms with Gasteiger partial charge in [0.05, 0.1) is 11.4 Å². The molecule has 0 saturated carbocycles. The molecule has 1 atom stereocenters. The maximum absolute atomic E-state index is 8.58. The van der Waals surface area contributed by atoms with Crippen molar-refractivity contribution in [1.82, 2.24) is 0 Å². The minimum absolute atomic E-state index is 0.0305. The summed E-state index contributed by atoms with van der Waals surface area (Å²) in [6, 6.07) is 10.1. The van der Waals surface area contributed by atoms with E-state index in [1.165, 1.54) is 5.56 Å². The van der Waals surface area contributed by atoms with Crippen molar-refractivity contribution in [2.75, 3.05) is 0 Å². The van der Waals surface area contributed by atoms with Gasteiger partial charge in [-0.15, -0.1) is 11.6 Å². The molecule has 0 bridgehead atoms. The first-order chi connectivity index (χ1) is 6.33. The van der Waals surface area contributed by atoms with Crippen molar-refractivity contribution in [3.63, 3.8) is 0 Å². The fourth-order valence-corrected chi connectivity index (χ4v) is 2.04. The van der Waals surface area contributed by atoms with Crippen LogP contribution in [0.2, 0.25) is 0 Å². The number of rotatable bonds is 0. The minimum atomic E-state index is -0.0305. The van der Waals surface area contributed by atoms with Crippen LogP contribution in [-0.2, 0) is 6.42 Å². The highest BCUT2D eigenvalue weighted by molar-refractivity contribution is 6.27. The van der Waals surface area contributed by atoms with Gasteiger partial charge in [-0.25, -0.2) is 0 Å². The Morgan fingerprint density at radius 1 is 1.46 bits per heavy atom. The Balaban J connectivity index is 2.54. The molecule has 0 spiro atoms. The van der Waals surface area contributed by atoms with Crippen LogP contribution in [-0.4, -0.2) is 5.38 Å². The molecule has 1 aromatic carbocycles. The number of benzene rings is 1. The second kappa shape index (κ2) is 3.24. The van der Waals surface area contributed by atoms with E-state index in [2.05, 4.69) is 6.07 Å². The van der Waals surface area contributed by atoms with Gasteiger partial charge in [0.25, 0.3) is 0 Å². The van der Waals surface area contributed by atoms with Gasteiger partial charge in [-0.05, 0) is 23.1 Å². The molecule has 0 aromatic heterocycles. The third-order valence-electron chi connectivity index (χ3n) is 2.29. The summed E-state index contributed by atoms with van der Waals surface area (Å²) in [7, 11) is 0. The Morgan fingerprint density at radius 2 is 2.23 bits per heavy atom. The van der Waals surface area contributed by atoms with Crippen LogP contribution in [0.5, 0.6) is 0 Å². The van der Waals surface area contributed by atoms with Gasteiger partial charge in [-0.2, -0.15) is 5.26 Å². The van der Waals surface area contributed by atoms with E-state index in [1.54, 1.807) is 6.08 Å². The van der Waals surface area contributed by atoms with Crippen molar-refractivity contribution < 1.29 is 0 Å². The Bertz CT molecular complexity index is 401. The highest BCUT2D eigenvalue weighted by atomic mass is 35.5. The van der Waals surface area contributed by atoms with Crippen LogP contribution in [0.15, 0.2) is 30.3 Å². The number of nitrogens with zero attached hydrogens (tertiary/aromatic N) is 1. The van der Waals surface area contributed by atoms with Crippen LogP contribution < -0.4 is 0 Å². The molecule has 1 aliphatic carbocycles. The topological polar surface area (TPSA) is 23.8 Å². The van der Waals surface area contributed by atoms with E-state index in [0.29, 0.717) is 0 Å². The van der Waals surface area contributed by atoms with Gasteiger partial charge in [0, 0.05) is 6.08 Å². The molecule has 0 N–H and O–H groups in total. The Labute approximate surface area is 82.3 Å². The molecule has 1 nitrogen and oxygen atoms in total. The average Bonchev–Trinajstić information content (AvgIpc) is 2.44. The molecule has 2 rings (SSSR count). The highest BCUT2D eigenvalue weighted by Gasteiger charge is 2.23. The van der Waals surface area contributed by atoms with Crippen molar-refractivity contribution in [3.05, 3.63) is 41.5 Å². The van der Waals surface area contributed by atoms with Gasteiger partial charge in [-0.1, -0.05) is 24.3 Å². The quantitative estimate of drug-likeness (QED) is 0.455. The molecule has 0 radical (unpaired) electrons. The molecule has 0 aliphatic heterocycles. The molecular weight excluding hydrogens is 182 g/mol. The smallest absolute Gasteiger partial charge is 0.0915 e. The molecule has 0 fully saturated rings. The summed E-state index contributed by atoms with van der Waals surface area (Å²) >= 11 is 6.10. The number of alkyl halides is 1. The molecule has 13 heavy (non-hydrogen) atoms. The summed E-state index contributed by atoms with van der Waals surface area (Å²) in [5.41, 5.74) is 3.33. The van der Waals surface area contributed by atoms with E-state index in [4.69, 9.17) is 16.9 Å². The molecule has 0 amide bonds. The average molecular weight is 190 g/mol. The zero-order chi connectivity index (χ0) is 9.26. The summed E-state index contributed by atoms with van der Waals surface area (Å²) in [6.07, 6.45) is 2.38. The third kappa shape index (κ3) is 1.34. The lowest BCUT2D eigenvalue weighted by molar-refractivity contribution is 1.09. The standard InChI is InChI=1S/C11H8ClN/c12-11-7-8-3-1-2-4-9(8)10(11)5-6-13/h1-5,11H,7H2/b10-5-/t11-/m1/s1. The predicted molar refractivity (Wildman–Crippen MR) is 53.4 cm³/mol. The number of halogens is 1. The zero-order valence-corrected chi connectivity index (χ0v) is 7.75. The van der Waals surface area contributed by atoms with Crippen molar-refractivity contribution in [2.45, 2.75) is 11.8 Å². The fourth-order valence-electron chi connectivity index (χ4n) is 1.69. The van der Waals surface area contributed by atoms with Crippen LogP contribution in [0.3, 0.4) is 0 Å². The number of fused-ring (bicyclic) bond motifs is 1. The first-order valence-electron chi connectivity index (χ1n) is 4.15. The van der Waals surface area contributed by atoms with E-state index < -0.39 is 0 Å². The van der Waals surface area contributed by atoms with Crippen LogP contribution in [0, 0.1) is 11.3 Å². The van der Waals surface area contributed by atoms with Gasteiger partial charge < -0.3 is 0 Å². The summed E-state index contributed by atoms with van der Waals surface area (Å²) < 4.78 is 0. The second-order valence-corrected chi connectivity index (χ2v) is 3.58. The lowest BCUT2D eigenvalue weighted by Crippen LogP contribution is -1.93. The van der Waals surface area contributed by atoms with Crippen molar-refractivity contribution in [3.8, 4) is 6.07 Å². The molecule has 1 aromatic rings. The molecule has 0 saturated heterocycles. The van der Waals surface area contributed by atoms with E-state index in [1.807, 2.05) is 24.3 Å². The van der Waals surface area contributed by atoms with Gasteiger partial charge in [-0.3, -0.25) is 0 Å². The number of hydrogen-bond donors (Lipinski definition) is 0. The van der Waals surface area contributed by atoms with E-state index in [0.717, 1.165) is 17.6 Å². The summed E-state index contributed by atoms with van der Waals surface area (Å²) in [6.45, 7) is 0. The maximum atomic E-state index is 8.58. The van der Waals surface area contributed by atoms with Crippen LogP contribution >= 0.6 is 11.6 Å². The molecule has 64 valence electrons. The molecule has 0 unspecified atom stereocenters. The van der Waals surface area contributed by atoms with Gasteiger partial charge in [0.15, 0.2) is 0 Å². The normalized spacial score (nSPS) is 22.8. The number of allylic oxidation sites excluding steroid dienone is 2. The van der Waals surface area contributed by atoms with Crippen LogP contribution in [0.4, 0.5) is 0 Å². The van der Waals surface area contributed by atoms with Crippen molar-refractivity contribution >= 4 is 17.2 Å². The van der Waals surface area contributed by atoms with Crippen LogP contribution in [0.1, 0.15) is 11.1 Å². The van der Waals surface area contributed by atoms with E-state index in [9.17, 15) is 0 Å². The Kier molecular flexibility index (Phi) is 2.08. The minimum Gasteiger partial charge on any atom is -0.193 e. The maximum Gasteiger partial charge on any atom is 0.0915 e.